The molecular weight excluding hydrogens is 328 g/mol. The van der Waals surface area contributed by atoms with E-state index < -0.39 is 9.84 Å². The van der Waals surface area contributed by atoms with E-state index in [9.17, 15) is 13.2 Å². The van der Waals surface area contributed by atoms with E-state index in [1.54, 1.807) is 0 Å². The maximum Gasteiger partial charge on any atom is 0.236 e. The summed E-state index contributed by atoms with van der Waals surface area (Å²) in [5.41, 5.74) is 0.576. The number of hydrogen-bond donors (Lipinski definition) is 0. The van der Waals surface area contributed by atoms with Crippen LogP contribution in [0.3, 0.4) is 0 Å². The second-order valence-electron chi connectivity index (χ2n) is 6.18. The van der Waals surface area contributed by atoms with Crippen molar-refractivity contribution in [1.82, 2.24) is 19.8 Å². The van der Waals surface area contributed by atoms with Gasteiger partial charge in [0, 0.05) is 38.0 Å². The predicted molar refractivity (Wildman–Crippen MR) is 91.5 cm³/mol. The molecule has 7 nitrogen and oxygen atoms in total. The zero-order chi connectivity index (χ0) is 17.7. The minimum absolute atomic E-state index is 0.0102. The summed E-state index contributed by atoms with van der Waals surface area (Å²) in [6.07, 6.45) is 5.74. The van der Waals surface area contributed by atoms with Gasteiger partial charge in [0.25, 0.3) is 0 Å². The minimum Gasteiger partial charge on any atom is -0.342 e. The maximum absolute atomic E-state index is 12.3. The van der Waals surface area contributed by atoms with Crippen LogP contribution >= 0.6 is 0 Å². The Morgan fingerprint density at radius 2 is 2.08 bits per heavy atom. The topological polar surface area (TPSA) is 83.5 Å². The molecule has 1 amide bonds. The smallest absolute Gasteiger partial charge is 0.236 e. The fourth-order valence-corrected chi connectivity index (χ4v) is 4.06. The number of piperidine rings is 1. The molecule has 1 aliphatic heterocycles. The Balaban J connectivity index is 2.13. The van der Waals surface area contributed by atoms with E-state index >= 15 is 0 Å². The van der Waals surface area contributed by atoms with Gasteiger partial charge in [-0.15, -0.1) is 0 Å². The highest BCUT2D eigenvalue weighted by Gasteiger charge is 2.28. The Bertz CT molecular complexity index is 674. The number of likely N-dealkylation sites (N-methyl/N-ethyl adjacent to an activating group) is 1. The predicted octanol–water partition coefficient (Wildman–Crippen LogP) is 0.928. The van der Waals surface area contributed by atoms with Gasteiger partial charge in [-0.1, -0.05) is 0 Å². The largest absolute Gasteiger partial charge is 0.342 e. The lowest BCUT2D eigenvalue weighted by Crippen LogP contribution is -2.44. The fourth-order valence-electron chi connectivity index (χ4n) is 3.21. The average molecular weight is 354 g/mol. The molecule has 2 rings (SSSR count). The van der Waals surface area contributed by atoms with Gasteiger partial charge in [0.1, 0.15) is 11.2 Å². The molecule has 0 aliphatic carbocycles. The van der Waals surface area contributed by atoms with Gasteiger partial charge in [0.2, 0.25) is 5.91 Å². The first-order chi connectivity index (χ1) is 11.4. The molecule has 134 valence electrons. The number of aromatic nitrogens is 2. The Hall–Kier alpha value is -1.54. The summed E-state index contributed by atoms with van der Waals surface area (Å²) in [5, 5.41) is 0. The van der Waals surface area contributed by atoms with Crippen LogP contribution in [0.2, 0.25) is 0 Å². The molecule has 1 aromatic rings. The standard InChI is InChI=1S/C16H26N4O3S/c1-4-20(5-2)15(21)11-19-8-6-7-13(10-19)16-14(24(3,22)23)9-17-12-18-16/h9,12-13H,4-8,10-11H2,1-3H3/t13-/m0/s1. The molecular formula is C16H26N4O3S. The Morgan fingerprint density at radius 1 is 1.38 bits per heavy atom. The second kappa shape index (κ2) is 8.02. The van der Waals surface area contributed by atoms with Gasteiger partial charge in [-0.3, -0.25) is 9.69 Å². The van der Waals surface area contributed by atoms with Crippen molar-refractivity contribution in [2.24, 2.45) is 0 Å². The van der Waals surface area contributed by atoms with Crippen molar-refractivity contribution in [3.8, 4) is 0 Å². The van der Waals surface area contributed by atoms with Crippen LogP contribution in [0.5, 0.6) is 0 Å². The van der Waals surface area contributed by atoms with E-state index in [0.717, 1.165) is 19.4 Å². The number of rotatable bonds is 6. The molecule has 1 aromatic heterocycles. The molecule has 0 unspecified atom stereocenters. The van der Waals surface area contributed by atoms with Crippen molar-refractivity contribution < 1.29 is 13.2 Å². The maximum atomic E-state index is 12.3. The third-order valence-electron chi connectivity index (χ3n) is 4.47. The molecule has 0 bridgehead atoms. The number of sulfone groups is 1. The van der Waals surface area contributed by atoms with Crippen LogP contribution in [0, 0.1) is 0 Å². The van der Waals surface area contributed by atoms with Crippen LogP contribution in [-0.2, 0) is 14.6 Å². The summed E-state index contributed by atoms with van der Waals surface area (Å²) in [5.74, 6) is 0.127. The van der Waals surface area contributed by atoms with Gasteiger partial charge in [0.05, 0.1) is 12.2 Å². The van der Waals surface area contributed by atoms with E-state index in [4.69, 9.17) is 0 Å². The highest BCUT2D eigenvalue weighted by molar-refractivity contribution is 7.90. The first-order valence-electron chi connectivity index (χ1n) is 8.36. The van der Waals surface area contributed by atoms with Crippen molar-refractivity contribution in [3.63, 3.8) is 0 Å². The van der Waals surface area contributed by atoms with Gasteiger partial charge in [0.15, 0.2) is 9.84 Å². The van der Waals surface area contributed by atoms with Crippen LogP contribution in [0.25, 0.3) is 0 Å². The van der Waals surface area contributed by atoms with Crippen LogP contribution < -0.4 is 0 Å². The number of carbonyl (C=O) groups excluding carboxylic acids is 1. The summed E-state index contributed by atoms with van der Waals surface area (Å²) in [7, 11) is -3.36. The van der Waals surface area contributed by atoms with E-state index in [2.05, 4.69) is 14.9 Å². The lowest BCUT2D eigenvalue weighted by Gasteiger charge is -2.33. The first-order valence-corrected chi connectivity index (χ1v) is 10.3. The quantitative estimate of drug-likeness (QED) is 0.756. The number of hydrogen-bond acceptors (Lipinski definition) is 6. The summed E-state index contributed by atoms with van der Waals surface area (Å²) in [6.45, 7) is 7.22. The summed E-state index contributed by atoms with van der Waals surface area (Å²) >= 11 is 0. The normalized spacial score (nSPS) is 19.2. The highest BCUT2D eigenvalue weighted by Crippen LogP contribution is 2.29. The van der Waals surface area contributed by atoms with E-state index in [1.807, 2.05) is 18.7 Å². The molecule has 24 heavy (non-hydrogen) atoms. The van der Waals surface area contributed by atoms with Crippen molar-refractivity contribution in [3.05, 3.63) is 18.2 Å². The van der Waals surface area contributed by atoms with Gasteiger partial charge in [-0.25, -0.2) is 18.4 Å². The zero-order valence-corrected chi connectivity index (χ0v) is 15.4. The fraction of sp³-hybridized carbons (Fsp3) is 0.688. The summed E-state index contributed by atoms with van der Waals surface area (Å²) in [6, 6.07) is 0. The van der Waals surface area contributed by atoms with E-state index in [-0.39, 0.29) is 16.7 Å². The van der Waals surface area contributed by atoms with Crippen LogP contribution in [0.4, 0.5) is 0 Å². The van der Waals surface area contributed by atoms with Gasteiger partial charge < -0.3 is 4.90 Å². The number of nitrogens with zero attached hydrogens (tertiary/aromatic N) is 4. The lowest BCUT2D eigenvalue weighted by atomic mass is 9.94. The molecule has 8 heteroatoms. The molecule has 1 fully saturated rings. The Kier molecular flexibility index (Phi) is 6.28. The van der Waals surface area contributed by atoms with Crippen LogP contribution in [0.15, 0.2) is 17.4 Å². The minimum atomic E-state index is -3.36. The number of amides is 1. The van der Waals surface area contributed by atoms with Gasteiger partial charge >= 0.3 is 0 Å². The average Bonchev–Trinajstić information content (AvgIpc) is 2.55. The first kappa shape index (κ1) is 18.8. The molecule has 2 heterocycles. The summed E-state index contributed by atoms with van der Waals surface area (Å²) < 4.78 is 23.9. The van der Waals surface area contributed by atoms with E-state index in [1.165, 1.54) is 18.8 Å². The molecule has 1 atom stereocenters. The lowest BCUT2D eigenvalue weighted by molar-refractivity contribution is -0.132. The van der Waals surface area contributed by atoms with Crippen molar-refractivity contribution in [1.29, 1.82) is 0 Å². The number of carbonyl (C=O) groups is 1. The Labute approximate surface area is 144 Å². The zero-order valence-electron chi connectivity index (χ0n) is 14.6. The molecule has 0 aromatic carbocycles. The molecule has 0 saturated carbocycles. The monoisotopic (exact) mass is 354 g/mol. The van der Waals surface area contributed by atoms with Crippen molar-refractivity contribution in [2.45, 2.75) is 37.5 Å². The highest BCUT2D eigenvalue weighted by atomic mass is 32.2. The van der Waals surface area contributed by atoms with Crippen molar-refractivity contribution in [2.75, 3.05) is 39.0 Å². The summed E-state index contributed by atoms with van der Waals surface area (Å²) in [4.78, 5) is 24.5. The van der Waals surface area contributed by atoms with Gasteiger partial charge in [-0.05, 0) is 33.2 Å². The van der Waals surface area contributed by atoms with Crippen LogP contribution in [0.1, 0.15) is 38.3 Å². The van der Waals surface area contributed by atoms with Crippen LogP contribution in [-0.4, -0.2) is 73.1 Å². The Morgan fingerprint density at radius 3 is 2.71 bits per heavy atom. The SMILES string of the molecule is CCN(CC)C(=O)CN1CCC[C@H](c2ncncc2S(C)(=O)=O)C1. The third-order valence-corrected chi connectivity index (χ3v) is 5.59. The van der Waals surface area contributed by atoms with E-state index in [0.29, 0.717) is 31.9 Å². The molecule has 1 aliphatic rings. The second-order valence-corrected chi connectivity index (χ2v) is 8.17. The molecule has 0 N–H and O–H groups in total. The van der Waals surface area contributed by atoms with Crippen molar-refractivity contribution >= 4 is 15.7 Å². The molecule has 0 spiro atoms. The third kappa shape index (κ3) is 4.51. The molecule has 1 saturated heterocycles. The molecule has 0 radical (unpaired) electrons. The number of likely N-dealkylation sites (tertiary alicyclic amines) is 1. The van der Waals surface area contributed by atoms with Gasteiger partial charge in [-0.2, -0.15) is 0 Å².